The average Bonchev–Trinajstić information content (AvgIpc) is 3.40. The summed E-state index contributed by atoms with van der Waals surface area (Å²) in [6.45, 7) is 14.3. The fourth-order valence-electron chi connectivity index (χ4n) is 5.94. The quantitative estimate of drug-likeness (QED) is 0.158. The van der Waals surface area contributed by atoms with Crippen molar-refractivity contribution in [3.8, 4) is 0 Å². The number of carbonyl (C=O) groups is 3. The van der Waals surface area contributed by atoms with Crippen molar-refractivity contribution >= 4 is 33.7 Å². The van der Waals surface area contributed by atoms with Gasteiger partial charge in [-0.25, -0.2) is 0 Å². The summed E-state index contributed by atoms with van der Waals surface area (Å²) in [4.78, 5) is 44.5. The molecule has 6 atom stereocenters. The first-order chi connectivity index (χ1) is 17.0. The van der Waals surface area contributed by atoms with E-state index < -0.39 is 41.1 Å². The van der Waals surface area contributed by atoms with E-state index in [9.17, 15) is 19.5 Å². The summed E-state index contributed by atoms with van der Waals surface area (Å²) in [6.07, 6.45) is 6.93. The third kappa shape index (κ3) is 5.29. The van der Waals surface area contributed by atoms with Crippen molar-refractivity contribution in [3.05, 3.63) is 25.3 Å². The van der Waals surface area contributed by atoms with E-state index in [4.69, 9.17) is 9.47 Å². The molecular weight excluding hydrogens is 528 g/mol. The number of halogens is 1. The molecule has 3 saturated heterocycles. The van der Waals surface area contributed by atoms with Crippen molar-refractivity contribution in [3.63, 3.8) is 0 Å². The van der Waals surface area contributed by atoms with Gasteiger partial charge in [-0.15, -0.1) is 13.2 Å². The summed E-state index contributed by atoms with van der Waals surface area (Å²) in [5, 5.41) is 9.31. The summed E-state index contributed by atoms with van der Waals surface area (Å²) in [5.74, 6) is -2.43. The number of hydrogen-bond donors (Lipinski definition) is 1. The topological polar surface area (TPSA) is 96.4 Å². The minimum atomic E-state index is -1.11. The molecule has 0 aromatic rings. The highest BCUT2D eigenvalue weighted by atomic mass is 79.9. The second kappa shape index (κ2) is 11.8. The van der Waals surface area contributed by atoms with Gasteiger partial charge >= 0.3 is 5.97 Å². The number of esters is 1. The minimum absolute atomic E-state index is 0.00263. The van der Waals surface area contributed by atoms with E-state index in [0.717, 1.165) is 12.8 Å². The molecule has 8 nitrogen and oxygen atoms in total. The lowest BCUT2D eigenvalue weighted by molar-refractivity contribution is -0.155. The summed E-state index contributed by atoms with van der Waals surface area (Å²) in [7, 11) is 0. The van der Waals surface area contributed by atoms with Crippen LogP contribution in [0, 0.1) is 11.8 Å². The highest BCUT2D eigenvalue weighted by Crippen LogP contribution is 2.60. The number of ether oxygens (including phenoxy) is 2. The van der Waals surface area contributed by atoms with Gasteiger partial charge < -0.3 is 24.4 Å². The highest BCUT2D eigenvalue weighted by Gasteiger charge is 2.77. The number of likely N-dealkylation sites (tertiary alicyclic amines) is 1. The second-order valence-electron chi connectivity index (χ2n) is 11.0. The van der Waals surface area contributed by atoms with E-state index in [1.54, 1.807) is 15.9 Å². The third-order valence-corrected chi connectivity index (χ3v) is 8.38. The number of fused-ring (bicyclic) bond motifs is 1. The van der Waals surface area contributed by atoms with Crippen LogP contribution in [0.15, 0.2) is 25.3 Å². The third-order valence-electron chi connectivity index (χ3n) is 7.54. The van der Waals surface area contributed by atoms with E-state index in [1.165, 1.54) is 0 Å². The van der Waals surface area contributed by atoms with Gasteiger partial charge in [-0.1, -0.05) is 28.1 Å². The fourth-order valence-corrected chi connectivity index (χ4v) is 6.89. The van der Waals surface area contributed by atoms with Crippen molar-refractivity contribution in [1.29, 1.82) is 0 Å². The van der Waals surface area contributed by atoms with E-state index in [0.29, 0.717) is 38.8 Å². The summed E-state index contributed by atoms with van der Waals surface area (Å²) in [6, 6.07) is -0.858. The summed E-state index contributed by atoms with van der Waals surface area (Å²) in [5.41, 5.74) is -1.61. The maximum absolute atomic E-state index is 14.2. The van der Waals surface area contributed by atoms with Crippen LogP contribution in [0.1, 0.15) is 59.3 Å². The lowest BCUT2D eigenvalue weighted by atomic mass is 9.70. The summed E-state index contributed by atoms with van der Waals surface area (Å²) < 4.78 is 12.1. The lowest BCUT2D eigenvalue weighted by Crippen LogP contribution is -2.60. The Balaban J connectivity index is 1.95. The second-order valence-corrected chi connectivity index (χ2v) is 12.2. The Kier molecular flexibility index (Phi) is 9.44. The molecule has 1 N–H and O–H groups in total. The molecular formula is C27H41BrN2O6. The van der Waals surface area contributed by atoms with E-state index in [2.05, 4.69) is 29.1 Å². The maximum Gasteiger partial charge on any atom is 0.312 e. The standard InChI is InChI=1S/C27H41BrN2O6/c1-6-8-9-12-16-35-25(34)19-20-23(32)29(14-10-11-15-31)22(27(20)17-18(28)21(19)36-27)24(33)30(13-7-2)26(3,4)5/h6-7,18-22,31H,1-2,8-17H2,3-5H3/t18?,19-,20+,21-,22?,27?/m1/s1. The smallest absolute Gasteiger partial charge is 0.312 e. The number of carbonyl (C=O) groups excluding carboxylic acids is 3. The van der Waals surface area contributed by atoms with Crippen LogP contribution in [0.5, 0.6) is 0 Å². The zero-order chi connectivity index (χ0) is 26.7. The normalized spacial score (nSPS) is 30.9. The van der Waals surface area contributed by atoms with Crippen molar-refractivity contribution in [2.45, 2.75) is 87.4 Å². The van der Waals surface area contributed by atoms with Crippen molar-refractivity contribution in [2.24, 2.45) is 11.8 Å². The Morgan fingerprint density at radius 3 is 2.58 bits per heavy atom. The van der Waals surface area contributed by atoms with Crippen molar-refractivity contribution in [2.75, 3.05) is 26.3 Å². The number of amides is 2. The lowest BCUT2D eigenvalue weighted by Gasteiger charge is -2.42. The minimum Gasteiger partial charge on any atom is -0.465 e. The Bertz CT molecular complexity index is 858. The van der Waals surface area contributed by atoms with Crippen LogP contribution >= 0.6 is 15.9 Å². The molecule has 3 aliphatic rings. The van der Waals surface area contributed by atoms with Crippen LogP contribution in [-0.2, 0) is 23.9 Å². The molecule has 0 aromatic carbocycles. The SMILES string of the molecule is C=CCCCCOC(=O)[C@H]1[C@@H]2OC3(CC2Br)C(C(=O)N(CC=C)C(C)(C)C)N(CCCCO)C(=O)[C@H]13. The van der Waals surface area contributed by atoms with Gasteiger partial charge in [0.15, 0.2) is 0 Å². The molecule has 0 radical (unpaired) electrons. The predicted octanol–water partition coefficient (Wildman–Crippen LogP) is 3.22. The Hall–Kier alpha value is -1.71. The predicted molar refractivity (Wildman–Crippen MR) is 140 cm³/mol. The number of hydrogen-bond acceptors (Lipinski definition) is 6. The number of aliphatic hydroxyl groups excluding tert-OH is 1. The summed E-state index contributed by atoms with van der Waals surface area (Å²) >= 11 is 3.68. The Morgan fingerprint density at radius 2 is 1.97 bits per heavy atom. The molecule has 2 amide bonds. The van der Waals surface area contributed by atoms with Gasteiger partial charge in [0.25, 0.3) is 0 Å². The van der Waals surface area contributed by atoms with Gasteiger partial charge in [-0.3, -0.25) is 14.4 Å². The van der Waals surface area contributed by atoms with Gasteiger partial charge in [-0.05, 0) is 59.3 Å². The molecule has 3 fully saturated rings. The van der Waals surface area contributed by atoms with Gasteiger partial charge in [-0.2, -0.15) is 0 Å². The number of rotatable bonds is 13. The molecule has 1 spiro atoms. The number of allylic oxidation sites excluding steroid dienone is 1. The van der Waals surface area contributed by atoms with Crippen LogP contribution in [0.4, 0.5) is 0 Å². The molecule has 3 rings (SSSR count). The molecule has 0 aliphatic carbocycles. The number of nitrogens with zero attached hydrogens (tertiary/aromatic N) is 2. The van der Waals surface area contributed by atoms with Crippen molar-refractivity contribution < 1.29 is 29.0 Å². The first-order valence-electron chi connectivity index (χ1n) is 13.0. The van der Waals surface area contributed by atoms with E-state index in [-0.39, 0.29) is 29.9 Å². The largest absolute Gasteiger partial charge is 0.465 e. The molecule has 9 heteroatoms. The van der Waals surface area contributed by atoms with Crippen LogP contribution in [0.3, 0.4) is 0 Å². The van der Waals surface area contributed by atoms with Crippen LogP contribution in [0.25, 0.3) is 0 Å². The molecule has 3 unspecified atom stereocenters. The Morgan fingerprint density at radius 1 is 1.25 bits per heavy atom. The number of alkyl halides is 1. The monoisotopic (exact) mass is 568 g/mol. The van der Waals surface area contributed by atoms with Gasteiger partial charge in [0.1, 0.15) is 11.6 Å². The average molecular weight is 570 g/mol. The molecule has 0 saturated carbocycles. The molecule has 0 aromatic heterocycles. The van der Waals surface area contributed by atoms with Crippen LogP contribution in [0.2, 0.25) is 0 Å². The van der Waals surface area contributed by atoms with Gasteiger partial charge in [0, 0.05) is 30.1 Å². The zero-order valence-corrected chi connectivity index (χ0v) is 23.4. The Labute approximate surface area is 223 Å². The first-order valence-corrected chi connectivity index (χ1v) is 13.9. The molecule has 3 aliphatic heterocycles. The fraction of sp³-hybridized carbons (Fsp3) is 0.741. The molecule has 3 heterocycles. The first kappa shape index (κ1) is 28.9. The van der Waals surface area contributed by atoms with Gasteiger partial charge in [0.05, 0.1) is 24.5 Å². The highest BCUT2D eigenvalue weighted by molar-refractivity contribution is 9.09. The van der Waals surface area contributed by atoms with Crippen LogP contribution in [-0.4, -0.2) is 87.1 Å². The molecule has 2 bridgehead atoms. The molecule has 202 valence electrons. The van der Waals surface area contributed by atoms with E-state index >= 15 is 0 Å². The van der Waals surface area contributed by atoms with Crippen LogP contribution < -0.4 is 0 Å². The van der Waals surface area contributed by atoms with Gasteiger partial charge in [0.2, 0.25) is 11.8 Å². The number of unbranched alkanes of at least 4 members (excludes halogenated alkanes) is 3. The van der Waals surface area contributed by atoms with Crippen molar-refractivity contribution in [1.82, 2.24) is 9.80 Å². The zero-order valence-electron chi connectivity index (χ0n) is 21.8. The maximum atomic E-state index is 14.2. The molecule has 36 heavy (non-hydrogen) atoms. The van der Waals surface area contributed by atoms with E-state index in [1.807, 2.05) is 26.8 Å². The number of aliphatic hydroxyl groups is 1.